The molecule has 0 saturated heterocycles. The first kappa shape index (κ1) is 33.1. The fourth-order valence-electron chi connectivity index (χ4n) is 4.23. The summed E-state index contributed by atoms with van der Waals surface area (Å²) in [6, 6.07) is -0.710. The molecule has 0 aromatic heterocycles. The van der Waals surface area contributed by atoms with E-state index < -0.39 is 24.2 Å². The molecule has 5 heteroatoms. The molecule has 1 amide bonds. The molecule has 4 N–H and O–H groups in total. The van der Waals surface area contributed by atoms with Crippen LogP contribution < -0.4 is 5.32 Å². The Morgan fingerprint density at radius 1 is 0.676 bits per heavy atom. The van der Waals surface area contributed by atoms with Crippen molar-refractivity contribution in [2.45, 2.75) is 161 Å². The van der Waals surface area contributed by atoms with Gasteiger partial charge in [-0.05, 0) is 32.1 Å². The van der Waals surface area contributed by atoms with Gasteiger partial charge < -0.3 is 20.6 Å². The molecule has 0 aromatic rings. The Kier molecular flexibility index (Phi) is 24.5. The lowest BCUT2D eigenvalue weighted by molar-refractivity contribution is -0.131. The third-order valence-electron chi connectivity index (χ3n) is 6.63. The van der Waals surface area contributed by atoms with Gasteiger partial charge in [-0.1, -0.05) is 122 Å². The molecular weight excluding hydrogens is 426 g/mol. The summed E-state index contributed by atoms with van der Waals surface area (Å²) in [5, 5.41) is 32.7. The summed E-state index contributed by atoms with van der Waals surface area (Å²) in [5.41, 5.74) is 0. The Balaban J connectivity index is 3.81. The zero-order valence-corrected chi connectivity index (χ0v) is 22.5. The van der Waals surface area contributed by atoms with E-state index in [4.69, 9.17) is 0 Å². The van der Waals surface area contributed by atoms with Gasteiger partial charge in [-0.15, -0.1) is 0 Å². The number of hydrogen-bond donors (Lipinski definition) is 4. The molecule has 34 heavy (non-hydrogen) atoms. The number of aliphatic hydroxyl groups excluding tert-OH is 3. The lowest BCUT2D eigenvalue weighted by Crippen LogP contribution is -2.49. The van der Waals surface area contributed by atoms with Crippen LogP contribution in [-0.2, 0) is 4.79 Å². The van der Waals surface area contributed by atoms with Crippen molar-refractivity contribution in [1.29, 1.82) is 0 Å². The molecule has 0 saturated carbocycles. The van der Waals surface area contributed by atoms with Crippen molar-refractivity contribution in [2.75, 3.05) is 6.61 Å². The molecule has 0 radical (unpaired) electrons. The number of allylic oxidation sites excluding steroid dienone is 2. The summed E-state index contributed by atoms with van der Waals surface area (Å²) in [4.78, 5) is 12.2. The number of nitrogens with one attached hydrogen (secondary N) is 1. The molecule has 0 aliphatic heterocycles. The largest absolute Gasteiger partial charge is 0.394 e. The highest BCUT2D eigenvalue weighted by atomic mass is 16.3. The van der Waals surface area contributed by atoms with E-state index >= 15 is 0 Å². The zero-order chi connectivity index (χ0) is 25.3. The number of carbonyl (C=O) groups is 1. The Morgan fingerprint density at radius 2 is 1.15 bits per heavy atom. The Bertz CT molecular complexity index is 469. The second-order valence-electron chi connectivity index (χ2n) is 9.96. The summed E-state index contributed by atoms with van der Waals surface area (Å²) in [7, 11) is 0. The topological polar surface area (TPSA) is 89.8 Å². The second-order valence-corrected chi connectivity index (χ2v) is 9.96. The third kappa shape index (κ3) is 20.5. The van der Waals surface area contributed by atoms with Crippen LogP contribution in [-0.4, -0.2) is 46.1 Å². The zero-order valence-electron chi connectivity index (χ0n) is 22.5. The van der Waals surface area contributed by atoms with Gasteiger partial charge in [0.1, 0.15) is 6.10 Å². The molecule has 202 valence electrons. The predicted molar refractivity (Wildman–Crippen MR) is 144 cm³/mol. The number of aliphatic hydroxyl groups is 3. The smallest absolute Gasteiger partial charge is 0.249 e. The molecule has 0 aliphatic carbocycles. The van der Waals surface area contributed by atoms with Crippen molar-refractivity contribution in [3.05, 3.63) is 12.2 Å². The van der Waals surface area contributed by atoms with E-state index in [1.54, 1.807) is 0 Å². The molecule has 3 atom stereocenters. The van der Waals surface area contributed by atoms with E-state index in [9.17, 15) is 20.1 Å². The normalized spacial score (nSPS) is 14.4. The minimum absolute atomic E-state index is 0.317. The average Bonchev–Trinajstić information content (AvgIpc) is 2.84. The van der Waals surface area contributed by atoms with Crippen LogP contribution in [0.25, 0.3) is 0 Å². The Labute approximate surface area is 210 Å². The maximum atomic E-state index is 12.2. The first-order valence-electron chi connectivity index (χ1n) is 14.5. The maximum absolute atomic E-state index is 12.2. The van der Waals surface area contributed by atoms with E-state index in [0.29, 0.717) is 12.8 Å². The molecule has 0 fully saturated rings. The van der Waals surface area contributed by atoms with Gasteiger partial charge in [-0.25, -0.2) is 0 Å². The van der Waals surface area contributed by atoms with E-state index in [0.717, 1.165) is 44.9 Å². The minimum atomic E-state index is -1.08. The Morgan fingerprint density at radius 3 is 1.71 bits per heavy atom. The molecule has 0 aromatic carbocycles. The second kappa shape index (κ2) is 25.2. The van der Waals surface area contributed by atoms with Gasteiger partial charge in [0.15, 0.2) is 0 Å². The summed E-state index contributed by atoms with van der Waals surface area (Å²) in [5.74, 6) is -0.489. The number of rotatable bonds is 25. The minimum Gasteiger partial charge on any atom is -0.394 e. The van der Waals surface area contributed by atoms with Crippen LogP contribution >= 0.6 is 0 Å². The van der Waals surface area contributed by atoms with Gasteiger partial charge in [-0.2, -0.15) is 0 Å². The lowest BCUT2D eigenvalue weighted by atomic mass is 10.0. The van der Waals surface area contributed by atoms with Crippen LogP contribution in [0.5, 0.6) is 0 Å². The van der Waals surface area contributed by atoms with Crippen molar-refractivity contribution >= 4 is 5.91 Å². The van der Waals surface area contributed by atoms with Crippen molar-refractivity contribution in [3.63, 3.8) is 0 Å². The van der Waals surface area contributed by atoms with E-state index in [2.05, 4.69) is 31.3 Å². The Hall–Kier alpha value is -0.910. The van der Waals surface area contributed by atoms with Gasteiger partial charge in [0.05, 0.1) is 18.8 Å². The van der Waals surface area contributed by atoms with Crippen LogP contribution in [0.15, 0.2) is 12.2 Å². The van der Waals surface area contributed by atoms with Gasteiger partial charge in [0.2, 0.25) is 5.91 Å². The van der Waals surface area contributed by atoms with Crippen molar-refractivity contribution in [1.82, 2.24) is 5.32 Å². The monoisotopic (exact) mass is 483 g/mol. The van der Waals surface area contributed by atoms with Crippen LogP contribution in [0.2, 0.25) is 0 Å². The highest BCUT2D eigenvalue weighted by Gasteiger charge is 2.23. The summed E-state index contributed by atoms with van der Waals surface area (Å²) < 4.78 is 0. The molecule has 0 spiro atoms. The quantitative estimate of drug-likeness (QED) is 0.0871. The standard InChI is InChI=1S/C29H57NO4/c1-3-5-7-9-11-13-14-16-17-19-21-23-27(32)26(25-31)30-29(34)28(33)24-22-20-18-15-12-10-8-6-4-2/h10,12,26-28,31-33H,3-9,11,13-25H2,1-2H3,(H,30,34)/b12-10-. The number of unbranched alkanes of at least 4 members (excludes halogenated alkanes) is 15. The highest BCUT2D eigenvalue weighted by Crippen LogP contribution is 2.14. The predicted octanol–water partition coefficient (Wildman–Crippen LogP) is 6.58. The van der Waals surface area contributed by atoms with Crippen LogP contribution in [0.4, 0.5) is 0 Å². The molecule has 0 rings (SSSR count). The maximum Gasteiger partial charge on any atom is 0.249 e. The van der Waals surface area contributed by atoms with Gasteiger partial charge in [0.25, 0.3) is 0 Å². The molecule has 0 aliphatic rings. The molecule has 5 nitrogen and oxygen atoms in total. The van der Waals surface area contributed by atoms with Crippen LogP contribution in [0.1, 0.15) is 142 Å². The number of hydrogen-bond acceptors (Lipinski definition) is 4. The van der Waals surface area contributed by atoms with Crippen LogP contribution in [0.3, 0.4) is 0 Å². The third-order valence-corrected chi connectivity index (χ3v) is 6.63. The summed E-state index contributed by atoms with van der Waals surface area (Å²) in [6.45, 7) is 4.12. The SMILES string of the molecule is CCCC/C=C\CCCCCC(O)C(=O)NC(CO)C(O)CCCCCCCCCCCCC. The van der Waals surface area contributed by atoms with E-state index in [-0.39, 0.29) is 6.61 Å². The van der Waals surface area contributed by atoms with Crippen molar-refractivity contribution in [2.24, 2.45) is 0 Å². The van der Waals surface area contributed by atoms with Crippen molar-refractivity contribution in [3.8, 4) is 0 Å². The number of carbonyl (C=O) groups excluding carboxylic acids is 1. The van der Waals surface area contributed by atoms with Gasteiger partial charge >= 0.3 is 0 Å². The van der Waals surface area contributed by atoms with Crippen LogP contribution in [0, 0.1) is 0 Å². The molecule has 0 bridgehead atoms. The summed E-state index contributed by atoms with van der Waals surface area (Å²) in [6.07, 6.45) is 24.8. The van der Waals surface area contributed by atoms with Crippen molar-refractivity contribution < 1.29 is 20.1 Å². The fraction of sp³-hybridized carbons (Fsp3) is 0.897. The first-order chi connectivity index (χ1) is 16.6. The molecule has 0 heterocycles. The molecular formula is C29H57NO4. The first-order valence-corrected chi connectivity index (χ1v) is 14.5. The highest BCUT2D eigenvalue weighted by molar-refractivity contribution is 5.80. The molecule has 3 unspecified atom stereocenters. The number of amides is 1. The average molecular weight is 484 g/mol. The van der Waals surface area contributed by atoms with Gasteiger partial charge in [-0.3, -0.25) is 4.79 Å². The summed E-state index contributed by atoms with van der Waals surface area (Å²) >= 11 is 0. The van der Waals surface area contributed by atoms with E-state index in [1.807, 2.05) is 0 Å². The van der Waals surface area contributed by atoms with Gasteiger partial charge in [0, 0.05) is 0 Å². The van der Waals surface area contributed by atoms with E-state index in [1.165, 1.54) is 70.6 Å². The lowest BCUT2D eigenvalue weighted by Gasteiger charge is -2.23. The fourth-order valence-corrected chi connectivity index (χ4v) is 4.23.